The van der Waals surface area contributed by atoms with Gasteiger partial charge < -0.3 is 136 Å². The van der Waals surface area contributed by atoms with E-state index < -0.39 is 212 Å². The summed E-state index contributed by atoms with van der Waals surface area (Å²) in [6.45, 7) is -5.57. The first kappa shape index (κ1) is 54.5. The quantitative estimate of drug-likeness (QED) is 0.0479. The molecule has 0 bridgehead atoms. The van der Waals surface area contributed by atoms with E-state index in [2.05, 4.69) is 10.6 Å². The second-order valence-electron chi connectivity index (χ2n) is 15.7. The lowest BCUT2D eigenvalue weighted by Gasteiger charge is -2.41. The van der Waals surface area contributed by atoms with Gasteiger partial charge in [0.2, 0.25) is 11.8 Å². The highest BCUT2D eigenvalue weighted by molar-refractivity contribution is 5.83. The molecule has 374 valence electrons. The lowest BCUT2D eigenvalue weighted by Crippen LogP contribution is -2.60. The number of hydrogen-bond donors (Lipinski definition) is 19. The molecule has 64 heavy (non-hydrogen) atoms. The van der Waals surface area contributed by atoms with Crippen molar-refractivity contribution >= 4 is 11.8 Å². The molecule has 4 saturated heterocycles. The van der Waals surface area contributed by atoms with Gasteiger partial charge in [0, 0.05) is 6.42 Å². The minimum Gasteiger partial charge on any atom is -0.394 e. The molecule has 4 aliphatic rings. The van der Waals surface area contributed by atoms with E-state index >= 15 is 0 Å². The van der Waals surface area contributed by atoms with Crippen molar-refractivity contribution in [2.75, 3.05) is 52.9 Å². The number of ether oxygens (including phenoxy) is 8. The van der Waals surface area contributed by atoms with Crippen LogP contribution >= 0.6 is 0 Å². The first-order chi connectivity index (χ1) is 30.3. The zero-order valence-electron chi connectivity index (χ0n) is 34.2. The molecule has 2 amide bonds. The van der Waals surface area contributed by atoms with Gasteiger partial charge in [0.25, 0.3) is 0 Å². The zero-order chi connectivity index (χ0) is 47.6. The molecular formula is C35H63N3O26. The second kappa shape index (κ2) is 25.3. The highest BCUT2D eigenvalue weighted by atomic mass is 16.7. The van der Waals surface area contributed by atoms with Crippen molar-refractivity contribution in [3.05, 3.63) is 0 Å². The highest BCUT2D eigenvalue weighted by Crippen LogP contribution is 2.26. The van der Waals surface area contributed by atoms with Crippen LogP contribution in [-0.4, -0.2) is 287 Å². The molecule has 0 aromatic rings. The fourth-order valence-corrected chi connectivity index (χ4v) is 6.95. The van der Waals surface area contributed by atoms with Crippen LogP contribution in [0.15, 0.2) is 0 Å². The largest absolute Gasteiger partial charge is 0.394 e. The van der Waals surface area contributed by atoms with E-state index in [1.54, 1.807) is 0 Å². The Morgan fingerprint density at radius 3 is 0.969 bits per heavy atom. The SMILES string of the molecule is NC(CCC(=O)NC(CO[C@@H]1O[C@H](CO)[C@H](O)[C@H](O)[C@H]1O)CO[C@@H]1O[C@H](CO)[C@H](O)[C@H](O)[C@H]1O)C(=O)NC(CO[C@@H]1O[C@H](CO)[C@H](O)[C@H](O)[C@H]1O)CO[C@@H]1O[C@H](CO)[C@H](O)[C@H](O)[C@H]1O. The van der Waals surface area contributed by atoms with Gasteiger partial charge in [-0.05, 0) is 6.42 Å². The Morgan fingerprint density at radius 1 is 0.438 bits per heavy atom. The molecule has 0 saturated carbocycles. The van der Waals surface area contributed by atoms with Crippen molar-refractivity contribution < 1.29 is 129 Å². The molecule has 4 fully saturated rings. The van der Waals surface area contributed by atoms with Gasteiger partial charge in [-0.2, -0.15) is 0 Å². The Balaban J connectivity index is 1.40. The first-order valence-electron chi connectivity index (χ1n) is 20.3. The van der Waals surface area contributed by atoms with Crippen molar-refractivity contribution in [2.24, 2.45) is 5.73 Å². The fourth-order valence-electron chi connectivity index (χ4n) is 6.95. The number of aliphatic hydroxyl groups is 16. The summed E-state index contributed by atoms with van der Waals surface area (Å²) in [5, 5.41) is 166. The predicted octanol–water partition coefficient (Wildman–Crippen LogP) is -12.7. The molecule has 0 aromatic carbocycles. The number of rotatable bonds is 22. The third kappa shape index (κ3) is 13.8. The number of amides is 2. The molecular weight excluding hydrogens is 878 g/mol. The summed E-state index contributed by atoms with van der Waals surface area (Å²) in [6.07, 6.45) is -34.5. The summed E-state index contributed by atoms with van der Waals surface area (Å²) in [7, 11) is 0. The smallest absolute Gasteiger partial charge is 0.237 e. The van der Waals surface area contributed by atoms with E-state index in [0.717, 1.165) is 0 Å². The maximum absolute atomic E-state index is 13.3. The minimum absolute atomic E-state index is 0.376. The predicted molar refractivity (Wildman–Crippen MR) is 200 cm³/mol. The molecule has 29 heteroatoms. The maximum atomic E-state index is 13.3. The van der Waals surface area contributed by atoms with Gasteiger partial charge in [0.15, 0.2) is 25.2 Å². The summed E-state index contributed by atoms with van der Waals surface area (Å²) >= 11 is 0. The third-order valence-electron chi connectivity index (χ3n) is 11.0. The standard InChI is InChI=1S/C35H63N3O26/c36-13(31(56)38-12(9-59-34-29(54)25(50)21(46)16(5-41)63-34)10-60-35-30(55)26(51)22(47)17(6-42)64-35)1-2-18(43)37-11(7-57-32-27(52)23(48)19(44)14(3-39)61-32)8-58-33-28(53)24(49)20(45)15(4-40)62-33/h11-17,19-30,32-35,39-42,44-55H,1-10,36H2,(H,37,43)(H,38,56)/t13?,14-,15-,16-,17-,19+,20+,21+,22+,23+,24+,25+,26+,27-,28-,29-,30-,32-,33-,34-,35-/m1/s1. The van der Waals surface area contributed by atoms with Crippen molar-refractivity contribution in [3.8, 4) is 0 Å². The minimum atomic E-state index is -1.85. The number of nitrogens with one attached hydrogen (secondary N) is 2. The van der Waals surface area contributed by atoms with Gasteiger partial charge in [0.05, 0.1) is 71.0 Å². The van der Waals surface area contributed by atoms with Crippen LogP contribution in [0.5, 0.6) is 0 Å². The monoisotopic (exact) mass is 941 g/mol. The number of nitrogens with two attached hydrogens (primary N) is 1. The fraction of sp³-hybridized carbons (Fsp3) is 0.943. The van der Waals surface area contributed by atoms with Gasteiger partial charge in [-0.3, -0.25) is 9.59 Å². The van der Waals surface area contributed by atoms with E-state index in [1.807, 2.05) is 0 Å². The van der Waals surface area contributed by atoms with Crippen LogP contribution in [-0.2, 0) is 47.5 Å². The molecule has 29 nitrogen and oxygen atoms in total. The number of carbonyl (C=O) groups excluding carboxylic acids is 2. The molecule has 0 radical (unpaired) electrons. The van der Waals surface area contributed by atoms with Crippen molar-refractivity contribution in [1.82, 2.24) is 10.6 Å². The van der Waals surface area contributed by atoms with Crippen LogP contribution < -0.4 is 16.4 Å². The van der Waals surface area contributed by atoms with Crippen LogP contribution in [0.2, 0.25) is 0 Å². The lowest BCUT2D eigenvalue weighted by molar-refractivity contribution is -0.309. The zero-order valence-corrected chi connectivity index (χ0v) is 34.2. The van der Waals surface area contributed by atoms with Crippen LogP contribution in [0.3, 0.4) is 0 Å². The Kier molecular flexibility index (Phi) is 21.6. The average Bonchev–Trinajstić information content (AvgIpc) is 3.28. The topological polar surface area (TPSA) is 482 Å². The van der Waals surface area contributed by atoms with Gasteiger partial charge in [-0.25, -0.2) is 0 Å². The first-order valence-corrected chi connectivity index (χ1v) is 20.3. The lowest BCUT2D eigenvalue weighted by atomic mass is 9.99. The summed E-state index contributed by atoms with van der Waals surface area (Å²) in [5.74, 6) is -1.75. The van der Waals surface area contributed by atoms with E-state index in [0.29, 0.717) is 0 Å². The summed E-state index contributed by atoms with van der Waals surface area (Å²) in [4.78, 5) is 26.6. The number of aliphatic hydroxyl groups excluding tert-OH is 16. The maximum Gasteiger partial charge on any atom is 0.237 e. The Labute approximate surface area is 364 Å². The van der Waals surface area contributed by atoms with Crippen LogP contribution in [0.25, 0.3) is 0 Å². The molecule has 1 unspecified atom stereocenters. The molecule has 0 aliphatic carbocycles. The average molecular weight is 942 g/mol. The Bertz CT molecular complexity index is 1330. The third-order valence-corrected chi connectivity index (χ3v) is 11.0. The van der Waals surface area contributed by atoms with Crippen LogP contribution in [0, 0.1) is 0 Å². The summed E-state index contributed by atoms with van der Waals surface area (Å²) < 4.78 is 43.4. The van der Waals surface area contributed by atoms with Crippen molar-refractivity contribution in [3.63, 3.8) is 0 Å². The van der Waals surface area contributed by atoms with Crippen LogP contribution in [0.4, 0.5) is 0 Å². The van der Waals surface area contributed by atoms with Gasteiger partial charge in [0.1, 0.15) is 97.7 Å². The summed E-state index contributed by atoms with van der Waals surface area (Å²) in [5.41, 5.74) is 6.10. The normalized spacial score (nSPS) is 41.2. The molecule has 4 aliphatic heterocycles. The molecule has 21 atom stereocenters. The van der Waals surface area contributed by atoms with Crippen molar-refractivity contribution in [2.45, 2.75) is 154 Å². The summed E-state index contributed by atoms with van der Waals surface area (Å²) in [6, 6.07) is -4.02. The number of hydrogen-bond acceptors (Lipinski definition) is 27. The second-order valence-corrected chi connectivity index (χ2v) is 15.7. The molecule has 4 heterocycles. The van der Waals surface area contributed by atoms with Crippen LogP contribution in [0.1, 0.15) is 12.8 Å². The van der Waals surface area contributed by atoms with Gasteiger partial charge >= 0.3 is 0 Å². The van der Waals surface area contributed by atoms with E-state index in [-0.39, 0.29) is 6.42 Å². The van der Waals surface area contributed by atoms with Gasteiger partial charge in [-0.15, -0.1) is 0 Å². The number of carbonyl (C=O) groups is 2. The Hall–Kier alpha value is -2.06. The van der Waals surface area contributed by atoms with E-state index in [4.69, 9.17) is 43.6 Å². The molecule has 0 spiro atoms. The molecule has 4 rings (SSSR count). The molecule has 20 N–H and O–H groups in total. The van der Waals surface area contributed by atoms with Crippen molar-refractivity contribution in [1.29, 1.82) is 0 Å². The van der Waals surface area contributed by atoms with E-state index in [9.17, 15) is 91.3 Å². The van der Waals surface area contributed by atoms with Gasteiger partial charge in [-0.1, -0.05) is 0 Å². The Morgan fingerprint density at radius 2 is 0.703 bits per heavy atom. The van der Waals surface area contributed by atoms with E-state index in [1.165, 1.54) is 0 Å². The molecule has 0 aromatic heterocycles. The highest BCUT2D eigenvalue weighted by Gasteiger charge is 2.48.